The molecule has 0 unspecified atom stereocenters. The van der Waals surface area contributed by atoms with Crippen molar-refractivity contribution in [2.75, 3.05) is 36.5 Å². The van der Waals surface area contributed by atoms with E-state index in [0.29, 0.717) is 35.8 Å². The van der Waals surface area contributed by atoms with Crippen molar-refractivity contribution in [2.45, 2.75) is 39.3 Å². The smallest absolute Gasteiger partial charge is 0.324 e. The normalized spacial score (nSPS) is 16.7. The molecule has 9 nitrogen and oxygen atoms in total. The molecule has 0 saturated carbocycles. The van der Waals surface area contributed by atoms with Crippen molar-refractivity contribution in [1.82, 2.24) is 14.9 Å². The molecule has 1 saturated heterocycles. The fourth-order valence-electron chi connectivity index (χ4n) is 3.75. The first-order valence-corrected chi connectivity index (χ1v) is 12.0. The highest BCUT2D eigenvalue weighted by atomic mass is 32.1. The van der Waals surface area contributed by atoms with Gasteiger partial charge in [0, 0.05) is 38.3 Å². The Morgan fingerprint density at radius 3 is 2.76 bits per heavy atom. The number of halogens is 1. The summed E-state index contributed by atoms with van der Waals surface area (Å²) in [5.41, 5.74) is 0.947. The van der Waals surface area contributed by atoms with E-state index >= 15 is 0 Å². The van der Waals surface area contributed by atoms with Crippen LogP contribution in [0.4, 0.5) is 20.1 Å². The minimum absolute atomic E-state index is 0.0626. The molecule has 2 atom stereocenters. The third-order valence-electron chi connectivity index (χ3n) is 5.36. The number of hydrogen-bond donors (Lipinski definition) is 4. The Morgan fingerprint density at radius 1 is 1.35 bits per heavy atom. The Bertz CT molecular complexity index is 1130. The third kappa shape index (κ3) is 5.72. The van der Waals surface area contributed by atoms with Gasteiger partial charge in [-0.3, -0.25) is 5.32 Å². The van der Waals surface area contributed by atoms with Crippen LogP contribution in [0.15, 0.2) is 30.5 Å². The van der Waals surface area contributed by atoms with Crippen molar-refractivity contribution in [1.29, 1.82) is 0 Å². The monoisotopic (exact) mass is 491 g/mol. The highest BCUT2D eigenvalue weighted by molar-refractivity contribution is 7.22. The SMILES string of the molecule is CC.C[C@H]1CN(c2ncc(C[C@H](O)CO)cc2F)CCN1C(=O)Nc1nc2c(O)cccc2s1. The number of phenolic OH excluding ortho intramolecular Hbond substituents is 1. The summed E-state index contributed by atoms with van der Waals surface area (Å²) in [5.74, 6) is -0.250. The lowest BCUT2D eigenvalue weighted by molar-refractivity contribution is 0.0954. The van der Waals surface area contributed by atoms with Gasteiger partial charge >= 0.3 is 6.03 Å². The summed E-state index contributed by atoms with van der Waals surface area (Å²) >= 11 is 1.28. The van der Waals surface area contributed by atoms with E-state index in [1.807, 2.05) is 26.8 Å². The van der Waals surface area contributed by atoms with Gasteiger partial charge in [-0.2, -0.15) is 0 Å². The lowest BCUT2D eigenvalue weighted by Crippen LogP contribution is -2.55. The number of aromatic hydroxyl groups is 1. The fraction of sp³-hybridized carbons (Fsp3) is 0.435. The fourth-order valence-corrected chi connectivity index (χ4v) is 4.63. The van der Waals surface area contributed by atoms with Crippen molar-refractivity contribution in [2.24, 2.45) is 0 Å². The molecule has 0 aliphatic carbocycles. The largest absolute Gasteiger partial charge is 0.506 e. The number of fused-ring (bicyclic) bond motifs is 1. The first-order chi connectivity index (χ1) is 16.4. The number of hydrogen-bond acceptors (Lipinski definition) is 8. The van der Waals surface area contributed by atoms with E-state index in [1.54, 1.807) is 21.9 Å². The molecule has 0 radical (unpaired) electrons. The number of carbonyl (C=O) groups excluding carboxylic acids is 1. The van der Waals surface area contributed by atoms with Gasteiger partial charge in [-0.25, -0.2) is 19.2 Å². The third-order valence-corrected chi connectivity index (χ3v) is 6.30. The molecule has 34 heavy (non-hydrogen) atoms. The first kappa shape index (κ1) is 25.6. The van der Waals surface area contributed by atoms with Crippen LogP contribution in [0.25, 0.3) is 10.2 Å². The van der Waals surface area contributed by atoms with Gasteiger partial charge in [-0.15, -0.1) is 0 Å². The van der Waals surface area contributed by atoms with Crippen molar-refractivity contribution < 1.29 is 24.5 Å². The molecule has 2 aromatic heterocycles. The molecule has 1 aliphatic rings. The van der Waals surface area contributed by atoms with Crippen LogP contribution in [0.3, 0.4) is 0 Å². The number of nitrogens with one attached hydrogen (secondary N) is 1. The van der Waals surface area contributed by atoms with E-state index in [4.69, 9.17) is 5.11 Å². The van der Waals surface area contributed by atoms with Crippen LogP contribution >= 0.6 is 11.3 Å². The van der Waals surface area contributed by atoms with Crippen LogP contribution in [0.1, 0.15) is 26.3 Å². The maximum atomic E-state index is 14.6. The number of nitrogens with zero attached hydrogens (tertiary/aromatic N) is 4. The van der Waals surface area contributed by atoms with Crippen LogP contribution in [-0.2, 0) is 6.42 Å². The number of aliphatic hydroxyl groups excluding tert-OH is 2. The van der Waals surface area contributed by atoms with Gasteiger partial charge in [0.1, 0.15) is 11.3 Å². The van der Waals surface area contributed by atoms with Crippen molar-refractivity contribution >= 4 is 38.5 Å². The van der Waals surface area contributed by atoms with Crippen LogP contribution in [0.2, 0.25) is 0 Å². The summed E-state index contributed by atoms with van der Waals surface area (Å²) < 4.78 is 15.4. The molecule has 184 valence electrons. The van der Waals surface area contributed by atoms with E-state index < -0.39 is 18.5 Å². The Kier molecular flexibility index (Phi) is 8.59. The number of aromatic nitrogens is 2. The maximum absolute atomic E-state index is 14.6. The lowest BCUT2D eigenvalue weighted by atomic mass is 10.1. The minimum atomic E-state index is -0.955. The average Bonchev–Trinajstić information content (AvgIpc) is 3.24. The second kappa shape index (κ2) is 11.4. The van der Waals surface area contributed by atoms with Gasteiger partial charge in [-0.05, 0) is 30.7 Å². The molecule has 2 amide bonds. The number of pyridine rings is 1. The van der Waals surface area contributed by atoms with Gasteiger partial charge in [0.15, 0.2) is 16.8 Å². The Morgan fingerprint density at radius 2 is 2.12 bits per heavy atom. The molecule has 0 bridgehead atoms. The number of para-hydroxylation sites is 1. The molecular weight excluding hydrogens is 461 g/mol. The molecule has 1 fully saturated rings. The predicted molar refractivity (Wildman–Crippen MR) is 131 cm³/mol. The summed E-state index contributed by atoms with van der Waals surface area (Å²) in [6.45, 7) is 6.65. The summed E-state index contributed by atoms with van der Waals surface area (Å²) in [6.07, 6.45) is 0.654. The van der Waals surface area contributed by atoms with Crippen LogP contribution in [-0.4, -0.2) is 74.6 Å². The second-order valence-electron chi connectivity index (χ2n) is 7.75. The number of carbonyl (C=O) groups is 1. The molecule has 3 aromatic rings. The standard InChI is InChI=1S/C21H24FN5O4S.C2H6/c1-12-10-26(19-15(22)8-13(9-23-19)7-14(29)11-28)5-6-27(12)21(31)25-20-24-18-16(30)3-2-4-17(18)32-20;1-2/h2-4,8-9,12,14,28-30H,5-7,10-11H2,1H3,(H,24,25,31);1-2H3/t12-,14-;/m0./s1. The van der Waals surface area contributed by atoms with E-state index in [1.165, 1.54) is 23.6 Å². The molecule has 11 heteroatoms. The summed E-state index contributed by atoms with van der Waals surface area (Å²) in [6, 6.07) is 5.89. The van der Waals surface area contributed by atoms with E-state index in [-0.39, 0.29) is 30.1 Å². The molecule has 0 spiro atoms. The van der Waals surface area contributed by atoms with Gasteiger partial charge in [0.25, 0.3) is 0 Å². The van der Waals surface area contributed by atoms with E-state index in [9.17, 15) is 19.4 Å². The average molecular weight is 492 g/mol. The van der Waals surface area contributed by atoms with Gasteiger partial charge in [0.2, 0.25) is 0 Å². The molecule has 1 aromatic carbocycles. The number of piperazine rings is 1. The van der Waals surface area contributed by atoms with Crippen LogP contribution in [0.5, 0.6) is 5.75 Å². The molecule has 4 rings (SSSR count). The topological polar surface area (TPSA) is 122 Å². The minimum Gasteiger partial charge on any atom is -0.506 e. The number of anilines is 2. The zero-order chi connectivity index (χ0) is 24.8. The Labute approximate surface area is 201 Å². The predicted octanol–water partition coefficient (Wildman–Crippen LogP) is 3.20. The summed E-state index contributed by atoms with van der Waals surface area (Å²) in [4.78, 5) is 24.7. The second-order valence-corrected chi connectivity index (χ2v) is 8.78. The lowest BCUT2D eigenvalue weighted by Gasteiger charge is -2.40. The van der Waals surface area contributed by atoms with E-state index in [2.05, 4.69) is 15.3 Å². The number of benzene rings is 1. The highest BCUT2D eigenvalue weighted by Gasteiger charge is 2.30. The van der Waals surface area contributed by atoms with Gasteiger partial charge in [0.05, 0.1) is 17.4 Å². The maximum Gasteiger partial charge on any atom is 0.324 e. The van der Waals surface area contributed by atoms with E-state index in [0.717, 1.165) is 4.70 Å². The molecule has 4 N–H and O–H groups in total. The van der Waals surface area contributed by atoms with Crippen LogP contribution in [0, 0.1) is 5.82 Å². The van der Waals surface area contributed by atoms with Crippen LogP contribution < -0.4 is 10.2 Å². The quantitative estimate of drug-likeness (QED) is 0.432. The zero-order valence-electron chi connectivity index (χ0n) is 19.4. The Balaban J connectivity index is 0.00000158. The number of rotatable bonds is 5. The number of aliphatic hydroxyl groups is 2. The zero-order valence-corrected chi connectivity index (χ0v) is 20.2. The molecule has 1 aliphatic heterocycles. The van der Waals surface area contributed by atoms with Crippen molar-refractivity contribution in [3.63, 3.8) is 0 Å². The number of phenols is 1. The Hall–Kier alpha value is -3.02. The van der Waals surface area contributed by atoms with Crippen molar-refractivity contribution in [3.8, 4) is 5.75 Å². The first-order valence-electron chi connectivity index (χ1n) is 11.2. The number of urea groups is 1. The summed E-state index contributed by atoms with van der Waals surface area (Å²) in [7, 11) is 0. The molecular formula is C23H30FN5O4S. The number of thiazole rings is 1. The van der Waals surface area contributed by atoms with Gasteiger partial charge < -0.3 is 25.1 Å². The van der Waals surface area contributed by atoms with Gasteiger partial charge in [-0.1, -0.05) is 31.3 Å². The number of amides is 2. The van der Waals surface area contributed by atoms with Crippen molar-refractivity contribution in [3.05, 3.63) is 41.8 Å². The molecule has 3 heterocycles. The highest BCUT2D eigenvalue weighted by Crippen LogP contribution is 2.31. The summed E-state index contributed by atoms with van der Waals surface area (Å²) in [5, 5.41) is 31.5.